The summed E-state index contributed by atoms with van der Waals surface area (Å²) < 4.78 is 13.9. The number of amides is 2. The van der Waals surface area contributed by atoms with Crippen LogP contribution in [-0.2, 0) is 9.59 Å². The van der Waals surface area contributed by atoms with E-state index in [1.807, 2.05) is 32.0 Å². The van der Waals surface area contributed by atoms with Crippen molar-refractivity contribution in [3.05, 3.63) is 58.9 Å². The lowest BCUT2D eigenvalue weighted by Gasteiger charge is -2.21. The normalized spacial score (nSPS) is 21.7. The fourth-order valence-corrected chi connectivity index (χ4v) is 3.43. The van der Waals surface area contributed by atoms with E-state index in [1.54, 1.807) is 19.1 Å². The molecule has 0 aliphatic carbocycles. The number of carbonyl (C=O) groups is 2. The second kappa shape index (κ2) is 5.72. The predicted molar refractivity (Wildman–Crippen MR) is 94.5 cm³/mol. The summed E-state index contributed by atoms with van der Waals surface area (Å²) in [5.74, 6) is -1.40. The van der Waals surface area contributed by atoms with Gasteiger partial charge in [-0.15, -0.1) is 0 Å². The molecule has 1 saturated heterocycles. The highest BCUT2D eigenvalue weighted by molar-refractivity contribution is 6.26. The summed E-state index contributed by atoms with van der Waals surface area (Å²) in [6.07, 6.45) is 0. The molecule has 7 heteroatoms. The number of benzene rings is 2. The molecule has 2 aromatic carbocycles. The van der Waals surface area contributed by atoms with Crippen LogP contribution in [0.25, 0.3) is 0 Å². The highest BCUT2D eigenvalue weighted by Gasteiger charge is 2.55. The number of hydrogen-bond donors (Lipinski definition) is 0. The van der Waals surface area contributed by atoms with Gasteiger partial charge in [-0.3, -0.25) is 9.59 Å². The molecule has 0 spiro atoms. The van der Waals surface area contributed by atoms with Gasteiger partial charge < -0.3 is 0 Å². The van der Waals surface area contributed by atoms with E-state index < -0.39 is 29.7 Å². The van der Waals surface area contributed by atoms with Crippen LogP contribution in [0.3, 0.4) is 0 Å². The Bertz CT molecular complexity index is 952. The number of rotatable bonds is 2. The van der Waals surface area contributed by atoms with Crippen LogP contribution in [0.2, 0.25) is 0 Å². The molecule has 0 saturated carbocycles. The van der Waals surface area contributed by atoms with Gasteiger partial charge in [0, 0.05) is 0 Å². The molecule has 26 heavy (non-hydrogen) atoms. The second-order valence-electron chi connectivity index (χ2n) is 6.73. The van der Waals surface area contributed by atoms with Gasteiger partial charge in [0.2, 0.25) is 0 Å². The highest BCUT2D eigenvalue weighted by Crippen LogP contribution is 2.35. The lowest BCUT2D eigenvalue weighted by atomic mass is 10.1. The van der Waals surface area contributed by atoms with Crippen molar-refractivity contribution in [1.29, 1.82) is 0 Å². The van der Waals surface area contributed by atoms with E-state index in [9.17, 15) is 14.0 Å². The van der Waals surface area contributed by atoms with Crippen molar-refractivity contribution in [2.75, 3.05) is 9.91 Å². The SMILES string of the molecule is Cc1cc(C)cc(N2N=NC3C(=O)N(c4ccc(C)c(F)c4)C(=O)C32)c1. The lowest BCUT2D eigenvalue weighted by molar-refractivity contribution is -0.121. The lowest BCUT2D eigenvalue weighted by Crippen LogP contribution is -2.40. The average molecular weight is 352 g/mol. The first-order valence-corrected chi connectivity index (χ1v) is 8.29. The summed E-state index contributed by atoms with van der Waals surface area (Å²) in [6.45, 7) is 5.52. The monoisotopic (exact) mass is 352 g/mol. The van der Waals surface area contributed by atoms with Gasteiger partial charge in [0.25, 0.3) is 11.8 Å². The Kier molecular flexibility index (Phi) is 3.61. The van der Waals surface area contributed by atoms with Crippen LogP contribution >= 0.6 is 0 Å². The zero-order valence-electron chi connectivity index (χ0n) is 14.6. The topological polar surface area (TPSA) is 65.3 Å². The number of carbonyl (C=O) groups excluding carboxylic acids is 2. The minimum absolute atomic E-state index is 0.216. The van der Waals surface area contributed by atoms with E-state index in [1.165, 1.54) is 11.1 Å². The van der Waals surface area contributed by atoms with Gasteiger partial charge in [-0.25, -0.2) is 14.3 Å². The van der Waals surface area contributed by atoms with Gasteiger partial charge in [0.05, 0.1) is 11.4 Å². The van der Waals surface area contributed by atoms with E-state index in [-0.39, 0.29) is 5.69 Å². The first kappa shape index (κ1) is 16.4. The molecule has 2 aliphatic heterocycles. The molecule has 132 valence electrons. The third kappa shape index (κ3) is 2.39. The summed E-state index contributed by atoms with van der Waals surface area (Å²) in [5, 5.41) is 9.54. The van der Waals surface area contributed by atoms with Gasteiger partial charge >= 0.3 is 0 Å². The number of hydrogen-bond acceptors (Lipinski definition) is 5. The van der Waals surface area contributed by atoms with Gasteiger partial charge in [-0.05, 0) is 61.7 Å². The minimum Gasteiger partial charge on any atom is -0.271 e. The molecular weight excluding hydrogens is 335 g/mol. The molecule has 2 unspecified atom stereocenters. The van der Waals surface area contributed by atoms with E-state index in [0.717, 1.165) is 16.0 Å². The van der Waals surface area contributed by atoms with Crippen molar-refractivity contribution < 1.29 is 14.0 Å². The van der Waals surface area contributed by atoms with Crippen molar-refractivity contribution in [3.8, 4) is 0 Å². The van der Waals surface area contributed by atoms with Crippen LogP contribution in [0.4, 0.5) is 15.8 Å². The first-order chi connectivity index (χ1) is 12.4. The quantitative estimate of drug-likeness (QED) is 0.780. The summed E-state index contributed by atoms with van der Waals surface area (Å²) in [4.78, 5) is 26.7. The summed E-state index contributed by atoms with van der Waals surface area (Å²) in [7, 11) is 0. The Hall–Kier alpha value is -3.09. The van der Waals surface area contributed by atoms with Gasteiger partial charge in [0.15, 0.2) is 12.1 Å². The van der Waals surface area contributed by atoms with Crippen molar-refractivity contribution in [2.45, 2.75) is 32.9 Å². The fourth-order valence-electron chi connectivity index (χ4n) is 3.43. The molecule has 4 rings (SSSR count). The fraction of sp³-hybridized carbons (Fsp3) is 0.263. The molecular formula is C19H17FN4O2. The zero-order chi connectivity index (χ0) is 18.6. The Morgan fingerprint density at radius 2 is 1.62 bits per heavy atom. The maximum atomic E-state index is 13.9. The molecule has 1 fully saturated rings. The van der Waals surface area contributed by atoms with Gasteiger partial charge in [0.1, 0.15) is 5.82 Å². The first-order valence-electron chi connectivity index (χ1n) is 8.29. The number of nitrogens with zero attached hydrogens (tertiary/aromatic N) is 4. The van der Waals surface area contributed by atoms with Crippen LogP contribution in [0, 0.1) is 26.6 Å². The van der Waals surface area contributed by atoms with Crippen LogP contribution in [0.1, 0.15) is 16.7 Å². The largest absolute Gasteiger partial charge is 0.271 e. The smallest absolute Gasteiger partial charge is 0.263 e. The van der Waals surface area contributed by atoms with E-state index in [2.05, 4.69) is 10.3 Å². The number of fused-ring (bicyclic) bond motifs is 1. The van der Waals surface area contributed by atoms with Gasteiger partial charge in [-0.1, -0.05) is 17.4 Å². The number of halogens is 1. The molecule has 2 aromatic rings. The second-order valence-corrected chi connectivity index (χ2v) is 6.73. The van der Waals surface area contributed by atoms with Crippen LogP contribution < -0.4 is 9.91 Å². The predicted octanol–water partition coefficient (Wildman–Crippen LogP) is 3.25. The molecule has 0 N–H and O–H groups in total. The molecule has 2 aliphatic rings. The summed E-state index contributed by atoms with van der Waals surface area (Å²) in [5.41, 5.74) is 3.41. The number of imide groups is 1. The molecule has 0 bridgehead atoms. The van der Waals surface area contributed by atoms with E-state index in [0.29, 0.717) is 11.3 Å². The molecule has 0 radical (unpaired) electrons. The van der Waals surface area contributed by atoms with Crippen molar-refractivity contribution in [1.82, 2.24) is 0 Å². The Balaban J connectivity index is 1.72. The third-order valence-corrected chi connectivity index (χ3v) is 4.67. The van der Waals surface area contributed by atoms with E-state index >= 15 is 0 Å². The molecule has 2 atom stereocenters. The van der Waals surface area contributed by atoms with E-state index in [4.69, 9.17) is 0 Å². The number of anilines is 2. The van der Waals surface area contributed by atoms with Crippen LogP contribution in [0.15, 0.2) is 46.7 Å². The standard InChI is InChI=1S/C19H17FN4O2/c1-10-6-11(2)8-14(7-10)24-17-16(21-22-24)18(25)23(19(17)26)13-5-4-12(3)15(20)9-13/h4-9,16-17H,1-3H3. The maximum absolute atomic E-state index is 13.9. The Morgan fingerprint density at radius 3 is 2.27 bits per heavy atom. The maximum Gasteiger partial charge on any atom is 0.263 e. The van der Waals surface area contributed by atoms with Crippen LogP contribution in [-0.4, -0.2) is 23.9 Å². The Morgan fingerprint density at radius 1 is 0.923 bits per heavy atom. The van der Waals surface area contributed by atoms with Crippen molar-refractivity contribution in [3.63, 3.8) is 0 Å². The zero-order valence-corrected chi connectivity index (χ0v) is 14.6. The average Bonchev–Trinajstić information content (AvgIpc) is 3.11. The van der Waals surface area contributed by atoms with Gasteiger partial charge in [-0.2, -0.15) is 5.11 Å². The Labute approximate surface area is 149 Å². The molecule has 2 heterocycles. The van der Waals surface area contributed by atoms with Crippen molar-refractivity contribution >= 4 is 23.2 Å². The number of aryl methyl sites for hydroxylation is 3. The third-order valence-electron chi connectivity index (χ3n) is 4.67. The van der Waals surface area contributed by atoms with Crippen LogP contribution in [0.5, 0.6) is 0 Å². The highest BCUT2D eigenvalue weighted by atomic mass is 19.1. The van der Waals surface area contributed by atoms with Crippen molar-refractivity contribution in [2.24, 2.45) is 10.3 Å². The minimum atomic E-state index is -0.910. The molecule has 0 aromatic heterocycles. The molecule has 2 amide bonds. The summed E-state index contributed by atoms with van der Waals surface area (Å²) in [6, 6.07) is 8.35. The molecule has 6 nitrogen and oxygen atoms in total. The summed E-state index contributed by atoms with van der Waals surface area (Å²) >= 11 is 0.